The van der Waals surface area contributed by atoms with Gasteiger partial charge in [-0.05, 0) is 25.5 Å². The maximum absolute atomic E-state index is 12.9. The number of anilines is 2. The molecule has 3 aliphatic heterocycles. The second kappa shape index (κ2) is 7.35. The zero-order valence-electron chi connectivity index (χ0n) is 17.2. The van der Waals surface area contributed by atoms with Crippen molar-refractivity contribution in [1.29, 1.82) is 0 Å². The molecule has 7 nitrogen and oxygen atoms in total. The summed E-state index contributed by atoms with van der Waals surface area (Å²) in [7, 11) is 0. The van der Waals surface area contributed by atoms with Crippen molar-refractivity contribution in [2.45, 2.75) is 39.0 Å². The normalized spacial score (nSPS) is 18.6. The van der Waals surface area contributed by atoms with Crippen LogP contribution in [0.15, 0.2) is 18.3 Å². The van der Waals surface area contributed by atoms with Crippen LogP contribution in [0.5, 0.6) is 0 Å². The zero-order chi connectivity index (χ0) is 21.8. The largest absolute Gasteiger partial charge is 0.416 e. The Balaban J connectivity index is 1.19. The van der Waals surface area contributed by atoms with Crippen LogP contribution in [0.1, 0.15) is 35.5 Å². The third kappa shape index (κ3) is 3.79. The van der Waals surface area contributed by atoms with Crippen molar-refractivity contribution in [3.63, 3.8) is 0 Å². The fourth-order valence-corrected chi connectivity index (χ4v) is 4.35. The first kappa shape index (κ1) is 20.0. The van der Waals surface area contributed by atoms with E-state index < -0.39 is 11.7 Å². The van der Waals surface area contributed by atoms with Gasteiger partial charge >= 0.3 is 6.18 Å². The molecule has 3 aliphatic rings. The Labute approximate surface area is 177 Å². The molecular weight excluding hydrogens is 409 g/mol. The highest BCUT2D eigenvalue weighted by atomic mass is 19.4. The van der Waals surface area contributed by atoms with E-state index in [0.29, 0.717) is 38.4 Å². The van der Waals surface area contributed by atoms with Gasteiger partial charge in [-0.25, -0.2) is 15.0 Å². The van der Waals surface area contributed by atoms with Crippen LogP contribution in [0, 0.1) is 12.8 Å². The molecule has 0 atom stereocenters. The molecule has 2 saturated heterocycles. The fourth-order valence-electron chi connectivity index (χ4n) is 4.35. The first-order valence-electron chi connectivity index (χ1n) is 10.5. The quantitative estimate of drug-likeness (QED) is 0.740. The van der Waals surface area contributed by atoms with E-state index in [2.05, 4.69) is 19.9 Å². The molecule has 0 bridgehead atoms. The molecule has 31 heavy (non-hydrogen) atoms. The second-order valence-corrected chi connectivity index (χ2v) is 8.49. The number of alkyl halides is 3. The Morgan fingerprint density at radius 3 is 2.61 bits per heavy atom. The molecule has 0 N–H and O–H groups in total. The lowest BCUT2D eigenvalue weighted by Gasteiger charge is -2.40. The Morgan fingerprint density at radius 2 is 1.94 bits per heavy atom. The molecule has 2 aromatic rings. The molecule has 10 heteroatoms. The van der Waals surface area contributed by atoms with Gasteiger partial charge in [0.25, 0.3) is 0 Å². The predicted octanol–water partition coefficient (Wildman–Crippen LogP) is 2.78. The highest BCUT2D eigenvalue weighted by Crippen LogP contribution is 2.35. The monoisotopic (exact) mass is 432 g/mol. The van der Waals surface area contributed by atoms with Crippen molar-refractivity contribution >= 4 is 17.5 Å². The number of carbonyl (C=O) groups is 1. The van der Waals surface area contributed by atoms with Crippen LogP contribution in [-0.2, 0) is 24.1 Å². The molecule has 2 aromatic heterocycles. The number of nitrogens with zero attached hydrogens (tertiary/aromatic N) is 6. The van der Waals surface area contributed by atoms with Crippen LogP contribution in [0.2, 0.25) is 0 Å². The molecule has 0 aromatic carbocycles. The van der Waals surface area contributed by atoms with Gasteiger partial charge in [-0.3, -0.25) is 4.79 Å². The number of aromatic nitrogens is 3. The Kier molecular flexibility index (Phi) is 4.75. The molecule has 0 spiro atoms. The molecule has 5 rings (SSSR count). The molecule has 0 saturated carbocycles. The fraction of sp³-hybridized carbons (Fsp3) is 0.524. The topological polar surface area (TPSA) is 65.5 Å². The second-order valence-electron chi connectivity index (χ2n) is 8.49. The summed E-state index contributed by atoms with van der Waals surface area (Å²) in [5.41, 5.74) is 1.26. The summed E-state index contributed by atoms with van der Waals surface area (Å²) in [6.45, 7) is 5.91. The van der Waals surface area contributed by atoms with Crippen LogP contribution in [0.25, 0.3) is 0 Å². The van der Waals surface area contributed by atoms with Crippen molar-refractivity contribution < 1.29 is 18.0 Å². The minimum absolute atomic E-state index is 0.0480. The van der Waals surface area contributed by atoms with Crippen LogP contribution in [-0.4, -0.2) is 51.9 Å². The maximum Gasteiger partial charge on any atom is 0.416 e. The van der Waals surface area contributed by atoms with Crippen molar-refractivity contribution in [3.8, 4) is 0 Å². The first-order valence-corrected chi connectivity index (χ1v) is 10.5. The van der Waals surface area contributed by atoms with E-state index in [1.54, 1.807) is 4.90 Å². The molecule has 5 heterocycles. The minimum Gasteiger partial charge on any atom is -0.356 e. The number of hydrogen-bond acceptors (Lipinski definition) is 6. The van der Waals surface area contributed by atoms with Gasteiger partial charge in [0.1, 0.15) is 17.5 Å². The number of amides is 1. The van der Waals surface area contributed by atoms with E-state index in [4.69, 9.17) is 0 Å². The van der Waals surface area contributed by atoms with Crippen LogP contribution >= 0.6 is 0 Å². The molecule has 2 fully saturated rings. The third-order valence-electron chi connectivity index (χ3n) is 6.20. The molecule has 1 amide bonds. The highest BCUT2D eigenvalue weighted by molar-refractivity contribution is 5.78. The van der Waals surface area contributed by atoms with Gasteiger partial charge in [-0.1, -0.05) is 0 Å². The molecular formula is C21H23F3N6O. The van der Waals surface area contributed by atoms with E-state index in [-0.39, 0.29) is 11.8 Å². The van der Waals surface area contributed by atoms with Gasteiger partial charge in [0.15, 0.2) is 0 Å². The van der Waals surface area contributed by atoms with Gasteiger partial charge in [0.2, 0.25) is 5.91 Å². The molecule has 0 radical (unpaired) electrons. The van der Waals surface area contributed by atoms with Gasteiger partial charge < -0.3 is 14.7 Å². The zero-order valence-corrected chi connectivity index (χ0v) is 17.2. The number of rotatable bonds is 4. The molecule has 0 unspecified atom stereocenters. The van der Waals surface area contributed by atoms with E-state index >= 15 is 0 Å². The van der Waals surface area contributed by atoms with E-state index in [1.807, 2.05) is 11.8 Å². The molecule has 164 valence electrons. The van der Waals surface area contributed by atoms with Gasteiger partial charge in [0, 0.05) is 50.3 Å². The highest BCUT2D eigenvalue weighted by Gasteiger charge is 2.36. The number of hydrogen-bond donors (Lipinski definition) is 0. The first-order chi connectivity index (χ1) is 14.8. The third-order valence-corrected chi connectivity index (χ3v) is 6.20. The summed E-state index contributed by atoms with van der Waals surface area (Å²) in [6, 6.07) is 2.03. The van der Waals surface area contributed by atoms with E-state index in [0.717, 1.165) is 54.5 Å². The lowest BCUT2D eigenvalue weighted by Crippen LogP contribution is -2.49. The summed E-state index contributed by atoms with van der Waals surface area (Å²) in [5, 5.41) is 0. The maximum atomic E-state index is 12.9. The van der Waals surface area contributed by atoms with E-state index in [9.17, 15) is 18.0 Å². The Morgan fingerprint density at radius 1 is 1.16 bits per heavy atom. The smallest absolute Gasteiger partial charge is 0.356 e. The van der Waals surface area contributed by atoms with Crippen molar-refractivity contribution in [3.05, 3.63) is 41.0 Å². The minimum atomic E-state index is -4.39. The number of pyridine rings is 1. The van der Waals surface area contributed by atoms with Crippen molar-refractivity contribution in [2.75, 3.05) is 36.0 Å². The summed E-state index contributed by atoms with van der Waals surface area (Å²) >= 11 is 0. The lowest BCUT2D eigenvalue weighted by atomic mass is 9.95. The summed E-state index contributed by atoms with van der Waals surface area (Å²) in [5.74, 6) is 2.13. The number of carbonyl (C=O) groups excluding carboxylic acids is 1. The average Bonchev–Trinajstić information content (AvgIpc) is 3.06. The summed E-state index contributed by atoms with van der Waals surface area (Å²) < 4.78 is 38.7. The van der Waals surface area contributed by atoms with E-state index in [1.165, 1.54) is 6.20 Å². The predicted molar refractivity (Wildman–Crippen MR) is 107 cm³/mol. The van der Waals surface area contributed by atoms with Crippen LogP contribution in [0.3, 0.4) is 0 Å². The summed E-state index contributed by atoms with van der Waals surface area (Å²) in [6.07, 6.45) is -1.69. The number of fused-ring (bicyclic) bond motifs is 1. The number of aryl methyl sites for hydroxylation is 1. The average molecular weight is 432 g/mol. The van der Waals surface area contributed by atoms with Gasteiger partial charge in [-0.2, -0.15) is 13.2 Å². The SMILES string of the molecule is Cc1nc2c(c(N3CCC3)n1)CN(C(=O)CC1CN(c3cc(C(F)(F)F)ccn3)C1)C2. The van der Waals surface area contributed by atoms with Gasteiger partial charge in [-0.15, -0.1) is 0 Å². The van der Waals surface area contributed by atoms with Crippen molar-refractivity contribution in [1.82, 2.24) is 19.9 Å². The summed E-state index contributed by atoms with van der Waals surface area (Å²) in [4.78, 5) is 31.9. The Bertz CT molecular complexity index is 1020. The number of halogens is 3. The van der Waals surface area contributed by atoms with Crippen molar-refractivity contribution in [2.24, 2.45) is 5.92 Å². The van der Waals surface area contributed by atoms with Crippen LogP contribution in [0.4, 0.5) is 24.8 Å². The van der Waals surface area contributed by atoms with Crippen LogP contribution < -0.4 is 9.80 Å². The Hall–Kier alpha value is -2.91. The standard InChI is InChI=1S/C21H23F3N6O/c1-13-26-17-12-30(11-16(17)20(27-13)28-5-2-6-28)19(31)7-14-9-29(10-14)18-8-15(3-4-25-18)21(22,23)24/h3-4,8,14H,2,5-7,9-12H2,1H3. The molecule has 0 aliphatic carbocycles. The van der Waals surface area contributed by atoms with Gasteiger partial charge in [0.05, 0.1) is 24.3 Å². The lowest BCUT2D eigenvalue weighted by molar-refractivity contribution is -0.137.